The van der Waals surface area contributed by atoms with Crippen molar-refractivity contribution in [3.05, 3.63) is 325 Å². The predicted octanol–water partition coefficient (Wildman–Crippen LogP) is 18.9. The Morgan fingerprint density at radius 3 is 0.500 bits per heavy atom. The smallest absolute Gasteiger partial charge is 0.0889 e. The number of rotatable bonds is 15. The summed E-state index contributed by atoms with van der Waals surface area (Å²) in [6, 6.07) is 83.2. The second kappa shape index (κ2) is 27.5. The number of hydrogen-bond donors (Lipinski definition) is 0. The molecule has 12 aromatic heterocycles. The Kier molecular flexibility index (Phi) is 17.2. The van der Waals surface area contributed by atoms with Crippen LogP contribution < -0.4 is 0 Å². The first-order valence-corrected chi connectivity index (χ1v) is 33.9. The first kappa shape index (κ1) is 60.0. The molecule has 0 spiro atoms. The van der Waals surface area contributed by atoms with Crippen LogP contribution in [0.15, 0.2) is 274 Å². The third-order valence-electron chi connectivity index (χ3n) is 20.2. The fourth-order valence-corrected chi connectivity index (χ4v) is 15.6. The Balaban J connectivity index is 0.854. The highest BCUT2D eigenvalue weighted by atomic mass is 14.8. The van der Waals surface area contributed by atoms with Gasteiger partial charge in [0, 0.05) is 107 Å². The van der Waals surface area contributed by atoms with Gasteiger partial charge in [-0.05, 0) is 238 Å². The summed E-state index contributed by atoms with van der Waals surface area (Å²) in [4.78, 5) is 61.6. The van der Waals surface area contributed by atoms with Gasteiger partial charge in [0.25, 0.3) is 0 Å². The van der Waals surface area contributed by atoms with Crippen molar-refractivity contribution in [3.63, 3.8) is 0 Å². The van der Waals surface area contributed by atoms with E-state index in [9.17, 15) is 0 Å². The van der Waals surface area contributed by atoms with Crippen LogP contribution in [-0.4, -0.2) is 59.8 Å². The molecule has 3 saturated carbocycles. The summed E-state index contributed by atoms with van der Waals surface area (Å²) in [6.45, 7) is 0. The normalized spacial score (nSPS) is 21.1. The van der Waals surface area contributed by atoms with Gasteiger partial charge in [-0.25, -0.2) is 0 Å². The Morgan fingerprint density at radius 1 is 0.167 bits per heavy atom. The zero-order valence-electron chi connectivity index (χ0n) is 53.4. The molecule has 13 aromatic rings. The summed E-state index contributed by atoms with van der Waals surface area (Å²) in [5.74, 6) is 1.22. The van der Waals surface area contributed by atoms with Gasteiger partial charge in [-0.3, -0.25) is 59.8 Å². The van der Waals surface area contributed by atoms with Gasteiger partial charge in [-0.15, -0.1) is 0 Å². The van der Waals surface area contributed by atoms with Crippen LogP contribution >= 0.6 is 0 Å². The molecule has 3 fully saturated rings. The highest BCUT2D eigenvalue weighted by molar-refractivity contribution is 5.59. The molecule has 6 unspecified atom stereocenters. The summed E-state index contributed by atoms with van der Waals surface area (Å²) in [7, 11) is 0. The standard InChI is InChI=1S/C84H72N12/c1-7-37-85-73(19-1)79-31-13-25-67(91-79)61-46-58(47-62(52-61)68-26-14-32-80(92-68)74-20-2-8-38-86-74)55-43-56(59-48-63(69-27-15-33-81(93-69)75-21-3-9-39-87-75)53-64(49-59)70-28-16-34-82(94-70)76-22-4-10-40-88-76)45-57(44-55)60-50-65(71-29-17-35-83(95-71)77-23-5-11-41-89-77)54-66(51-60)72-30-18-36-84(96-72)78-24-6-12-42-90-78/h1-45,58-66H,46-54H2. The maximum absolute atomic E-state index is 5.49. The topological polar surface area (TPSA) is 155 Å². The quantitative estimate of drug-likeness (QED) is 0.0959. The number of hydrogen-bond acceptors (Lipinski definition) is 12. The summed E-state index contributed by atoms with van der Waals surface area (Å²) in [5, 5.41) is 0. The van der Waals surface area contributed by atoms with Gasteiger partial charge in [0.1, 0.15) is 0 Å². The van der Waals surface area contributed by atoms with Gasteiger partial charge in [-0.1, -0.05) is 91.0 Å². The minimum Gasteiger partial charge on any atom is -0.255 e. The lowest BCUT2D eigenvalue weighted by atomic mass is 9.66. The van der Waals surface area contributed by atoms with Gasteiger partial charge in [-0.2, -0.15) is 0 Å². The lowest BCUT2D eigenvalue weighted by molar-refractivity contribution is 0.332. The molecular weight excluding hydrogens is 1180 g/mol. The van der Waals surface area contributed by atoms with E-state index in [1.54, 1.807) is 0 Å². The zero-order chi connectivity index (χ0) is 64.0. The van der Waals surface area contributed by atoms with Gasteiger partial charge in [0.05, 0.1) is 68.3 Å². The fourth-order valence-electron chi connectivity index (χ4n) is 15.6. The second-order valence-electron chi connectivity index (χ2n) is 26.3. The molecule has 1 aromatic carbocycles. The van der Waals surface area contributed by atoms with E-state index in [4.69, 9.17) is 59.8 Å². The van der Waals surface area contributed by atoms with Crippen LogP contribution in [0.5, 0.6) is 0 Å². The van der Waals surface area contributed by atoms with Crippen molar-refractivity contribution in [2.75, 3.05) is 0 Å². The molecule has 0 amide bonds. The number of aromatic nitrogens is 12. The van der Waals surface area contributed by atoms with Crippen LogP contribution in [0.1, 0.15) is 162 Å². The molecule has 6 atom stereocenters. The summed E-state index contributed by atoms with van der Waals surface area (Å²) >= 11 is 0. The summed E-state index contributed by atoms with van der Waals surface area (Å²) in [6.07, 6.45) is 19.4. The van der Waals surface area contributed by atoms with Crippen LogP contribution in [0.25, 0.3) is 68.3 Å². The lowest BCUT2D eigenvalue weighted by Crippen LogP contribution is -2.24. The molecule has 0 aliphatic heterocycles. The molecule has 96 heavy (non-hydrogen) atoms. The van der Waals surface area contributed by atoms with Crippen molar-refractivity contribution in [1.29, 1.82) is 0 Å². The van der Waals surface area contributed by atoms with Gasteiger partial charge in [0.15, 0.2) is 0 Å². The zero-order valence-corrected chi connectivity index (χ0v) is 53.4. The Hall–Kier alpha value is -11.0. The van der Waals surface area contributed by atoms with E-state index < -0.39 is 0 Å². The van der Waals surface area contributed by atoms with Crippen LogP contribution in [0.4, 0.5) is 0 Å². The third kappa shape index (κ3) is 13.3. The molecule has 12 heterocycles. The van der Waals surface area contributed by atoms with Crippen LogP contribution in [-0.2, 0) is 0 Å². The van der Waals surface area contributed by atoms with Gasteiger partial charge >= 0.3 is 0 Å². The van der Waals surface area contributed by atoms with Crippen LogP contribution in [0, 0.1) is 0 Å². The Morgan fingerprint density at radius 2 is 0.333 bits per heavy atom. The Bertz CT molecular complexity index is 4010. The summed E-state index contributed by atoms with van der Waals surface area (Å²) in [5.41, 5.74) is 21.1. The largest absolute Gasteiger partial charge is 0.255 e. The maximum Gasteiger partial charge on any atom is 0.0889 e. The third-order valence-corrected chi connectivity index (χ3v) is 20.2. The molecule has 0 N–H and O–H groups in total. The predicted molar refractivity (Wildman–Crippen MR) is 377 cm³/mol. The highest BCUT2D eigenvalue weighted by Crippen LogP contribution is 2.54. The van der Waals surface area contributed by atoms with Crippen molar-refractivity contribution < 1.29 is 0 Å². The van der Waals surface area contributed by atoms with E-state index in [0.29, 0.717) is 0 Å². The van der Waals surface area contributed by atoms with E-state index >= 15 is 0 Å². The van der Waals surface area contributed by atoms with Crippen LogP contribution in [0.3, 0.4) is 0 Å². The first-order chi connectivity index (χ1) is 47.5. The second-order valence-corrected chi connectivity index (χ2v) is 26.3. The minimum atomic E-state index is 0.126. The van der Waals surface area contributed by atoms with E-state index in [1.165, 1.54) is 16.7 Å². The Labute approximate surface area is 560 Å². The average Bonchev–Trinajstić information content (AvgIpc) is 0.802. The molecule has 0 saturated heterocycles. The van der Waals surface area contributed by atoms with E-state index in [0.717, 1.165) is 160 Å². The molecule has 16 rings (SSSR count). The monoisotopic (exact) mass is 1250 g/mol. The minimum absolute atomic E-state index is 0.126. The van der Waals surface area contributed by atoms with Crippen molar-refractivity contribution in [3.8, 4) is 68.3 Å². The van der Waals surface area contributed by atoms with Crippen LogP contribution in [0.2, 0.25) is 0 Å². The van der Waals surface area contributed by atoms with Gasteiger partial charge < -0.3 is 0 Å². The summed E-state index contributed by atoms with van der Waals surface area (Å²) < 4.78 is 0. The molecule has 468 valence electrons. The molecule has 12 nitrogen and oxygen atoms in total. The molecule has 3 aliphatic carbocycles. The van der Waals surface area contributed by atoms with Gasteiger partial charge in [0.2, 0.25) is 0 Å². The number of pyridine rings is 12. The molecule has 3 aliphatic rings. The molecule has 12 heteroatoms. The first-order valence-electron chi connectivity index (χ1n) is 33.9. The van der Waals surface area contributed by atoms with E-state index in [2.05, 4.69) is 164 Å². The number of benzene rings is 1. The lowest BCUT2D eigenvalue weighted by Gasteiger charge is -2.39. The maximum atomic E-state index is 5.49. The average molecular weight is 1250 g/mol. The van der Waals surface area contributed by atoms with Crippen molar-refractivity contribution in [2.45, 2.75) is 111 Å². The van der Waals surface area contributed by atoms with Crippen molar-refractivity contribution >= 4 is 0 Å². The fraction of sp³-hybridized carbons (Fsp3) is 0.214. The number of nitrogens with zero attached hydrogens (tertiary/aromatic N) is 12. The van der Waals surface area contributed by atoms with E-state index in [1.807, 2.05) is 110 Å². The van der Waals surface area contributed by atoms with E-state index in [-0.39, 0.29) is 53.3 Å². The highest BCUT2D eigenvalue weighted by Gasteiger charge is 2.39. The molecule has 0 bridgehead atoms. The van der Waals surface area contributed by atoms with Crippen molar-refractivity contribution in [1.82, 2.24) is 59.8 Å². The SMILES string of the molecule is c1ccc(-c2cccc(C3CC(c4cc(C5CC(c6cccc(-c7ccccn7)n6)CC(c6cccc(-c7ccccn7)n6)C5)cc(C5CC(c6cccc(-c7ccccn7)n6)CC(c6cccc(-c7ccccn7)n6)C5)c4)CC(c4cccc(-c5ccccn5)n4)C3)n2)nc1. The molecular formula is C84H72N12. The molecule has 0 radical (unpaired) electrons. The van der Waals surface area contributed by atoms with Crippen molar-refractivity contribution in [2.24, 2.45) is 0 Å².